The Labute approximate surface area is 200 Å². The van der Waals surface area contributed by atoms with Crippen LogP contribution in [0, 0.1) is 0 Å². The summed E-state index contributed by atoms with van der Waals surface area (Å²) in [6.45, 7) is 1.29. The predicted molar refractivity (Wildman–Crippen MR) is 134 cm³/mol. The van der Waals surface area contributed by atoms with Gasteiger partial charge < -0.3 is 14.8 Å². The third kappa shape index (κ3) is 4.34. The first-order valence-electron chi connectivity index (χ1n) is 11.8. The molecule has 2 aromatic heterocycles. The summed E-state index contributed by atoms with van der Waals surface area (Å²) < 4.78 is 24.0. The van der Waals surface area contributed by atoms with Crippen LogP contribution in [0.25, 0.3) is 27.7 Å². The van der Waals surface area contributed by atoms with Crippen LogP contribution in [0.2, 0.25) is 0 Å². The second-order valence-corrected chi connectivity index (χ2v) is 11.4. The smallest absolute Gasteiger partial charge is 0.320 e. The molecule has 0 atom stereocenters. The molecular formula is C26H30N4O3S. The van der Waals surface area contributed by atoms with Gasteiger partial charge >= 0.3 is 6.03 Å². The van der Waals surface area contributed by atoms with Gasteiger partial charge in [-0.25, -0.2) is 18.2 Å². The van der Waals surface area contributed by atoms with Crippen molar-refractivity contribution in [2.75, 3.05) is 26.4 Å². The summed E-state index contributed by atoms with van der Waals surface area (Å²) in [7, 11) is -1.35. The lowest BCUT2D eigenvalue weighted by atomic mass is 9.98. The number of sulfone groups is 1. The number of carbonyl (C=O) groups excluding carboxylic acids is 1. The monoisotopic (exact) mass is 478 g/mol. The molecule has 0 bridgehead atoms. The average molecular weight is 479 g/mol. The minimum absolute atomic E-state index is 0.121. The van der Waals surface area contributed by atoms with Crippen LogP contribution >= 0.6 is 0 Å². The van der Waals surface area contributed by atoms with Gasteiger partial charge in [0.2, 0.25) is 0 Å². The first-order valence-corrected chi connectivity index (χ1v) is 13.7. The van der Waals surface area contributed by atoms with Crippen molar-refractivity contribution < 1.29 is 13.2 Å². The highest BCUT2D eigenvalue weighted by Crippen LogP contribution is 2.32. The zero-order chi connectivity index (χ0) is 23.9. The van der Waals surface area contributed by atoms with Crippen molar-refractivity contribution in [3.05, 3.63) is 54.4 Å². The summed E-state index contributed by atoms with van der Waals surface area (Å²) in [5.41, 5.74) is 4.75. The Balaban J connectivity index is 1.39. The molecule has 178 valence electrons. The number of nitrogens with one attached hydrogen (secondary N) is 1. The summed E-state index contributed by atoms with van der Waals surface area (Å²) in [6, 6.07) is 9.50. The SMILES string of the molecule is CN(C(=O)N1CC=C(c2c[nH]c3ncc(-c4cccc(S(C)(=O)=O)c4)cc23)CC1)C1CCCC1. The number of benzene rings is 1. The highest BCUT2D eigenvalue weighted by atomic mass is 32.2. The average Bonchev–Trinajstić information content (AvgIpc) is 3.53. The molecule has 0 radical (unpaired) electrons. The molecule has 1 N–H and O–H groups in total. The van der Waals surface area contributed by atoms with Gasteiger partial charge in [0, 0.05) is 61.3 Å². The summed E-state index contributed by atoms with van der Waals surface area (Å²) >= 11 is 0. The number of rotatable bonds is 4. The largest absolute Gasteiger partial charge is 0.346 e. The van der Waals surface area contributed by atoms with E-state index in [1.165, 1.54) is 24.7 Å². The van der Waals surface area contributed by atoms with Crippen LogP contribution in [-0.2, 0) is 9.84 Å². The Bertz CT molecular complexity index is 1370. The first kappa shape index (κ1) is 22.7. The zero-order valence-electron chi connectivity index (χ0n) is 19.6. The molecule has 5 rings (SSSR count). The van der Waals surface area contributed by atoms with E-state index in [0.717, 1.165) is 47.0 Å². The number of aromatic amines is 1. The lowest BCUT2D eigenvalue weighted by Crippen LogP contribution is -2.46. The van der Waals surface area contributed by atoms with Crippen molar-refractivity contribution in [2.45, 2.75) is 43.0 Å². The molecule has 2 amide bonds. The molecule has 0 spiro atoms. The molecule has 0 saturated heterocycles. The van der Waals surface area contributed by atoms with Gasteiger partial charge in [0.05, 0.1) is 4.90 Å². The van der Waals surface area contributed by atoms with Gasteiger partial charge in [-0.1, -0.05) is 31.1 Å². The van der Waals surface area contributed by atoms with Crippen molar-refractivity contribution in [3.8, 4) is 11.1 Å². The molecule has 1 fully saturated rings. The molecule has 3 aromatic rings. The molecule has 1 aromatic carbocycles. The Morgan fingerprint density at radius 2 is 1.97 bits per heavy atom. The predicted octanol–water partition coefficient (Wildman–Crippen LogP) is 4.72. The maximum atomic E-state index is 13.0. The van der Waals surface area contributed by atoms with Gasteiger partial charge in [-0.3, -0.25) is 0 Å². The summed E-state index contributed by atoms with van der Waals surface area (Å²) in [6.07, 6.45) is 12.5. The van der Waals surface area contributed by atoms with Crippen LogP contribution in [0.3, 0.4) is 0 Å². The van der Waals surface area contributed by atoms with Gasteiger partial charge in [0.15, 0.2) is 9.84 Å². The molecule has 8 heteroatoms. The molecule has 2 aliphatic rings. The van der Waals surface area contributed by atoms with Gasteiger partial charge in [-0.15, -0.1) is 0 Å². The molecule has 1 saturated carbocycles. The van der Waals surface area contributed by atoms with Crippen LogP contribution in [0.1, 0.15) is 37.7 Å². The fraction of sp³-hybridized carbons (Fsp3) is 0.385. The van der Waals surface area contributed by atoms with Crippen molar-refractivity contribution in [2.24, 2.45) is 0 Å². The van der Waals surface area contributed by atoms with Crippen LogP contribution in [0.5, 0.6) is 0 Å². The quantitative estimate of drug-likeness (QED) is 0.588. The second kappa shape index (κ2) is 8.91. The van der Waals surface area contributed by atoms with Crippen molar-refractivity contribution in [1.29, 1.82) is 0 Å². The maximum absolute atomic E-state index is 13.0. The lowest BCUT2D eigenvalue weighted by Gasteiger charge is -2.33. The normalized spacial score (nSPS) is 17.2. The standard InChI is InChI=1S/C26H30N4O3S/c1-29(21-7-3-4-8-21)26(31)30-12-10-18(11-13-30)24-17-28-25-23(24)15-20(16-27-25)19-6-5-9-22(14-19)34(2,32)33/h5-6,9-10,14-17,21H,3-4,7-8,11-13H2,1-2H3,(H,27,28). The number of hydrogen-bond donors (Lipinski definition) is 1. The number of H-pyrrole nitrogens is 1. The van der Waals surface area contributed by atoms with Crippen LogP contribution in [0.15, 0.2) is 53.7 Å². The van der Waals surface area contributed by atoms with E-state index in [4.69, 9.17) is 0 Å². The van der Waals surface area contributed by atoms with E-state index >= 15 is 0 Å². The third-order valence-corrected chi connectivity index (χ3v) is 8.24. The summed E-state index contributed by atoms with van der Waals surface area (Å²) in [5.74, 6) is 0. The highest BCUT2D eigenvalue weighted by Gasteiger charge is 2.28. The van der Waals surface area contributed by atoms with E-state index in [1.807, 2.05) is 29.1 Å². The van der Waals surface area contributed by atoms with E-state index in [1.54, 1.807) is 24.4 Å². The van der Waals surface area contributed by atoms with Crippen LogP contribution < -0.4 is 0 Å². The van der Waals surface area contributed by atoms with Crippen LogP contribution in [0.4, 0.5) is 4.79 Å². The zero-order valence-corrected chi connectivity index (χ0v) is 20.4. The number of pyridine rings is 1. The minimum atomic E-state index is -3.29. The van der Waals surface area contributed by atoms with E-state index < -0.39 is 9.84 Å². The summed E-state index contributed by atoms with van der Waals surface area (Å²) in [4.78, 5) is 24.9. The van der Waals surface area contributed by atoms with E-state index in [-0.39, 0.29) is 6.03 Å². The molecule has 3 heterocycles. The van der Waals surface area contributed by atoms with Gasteiger partial charge in [-0.2, -0.15) is 0 Å². The fourth-order valence-electron chi connectivity index (χ4n) is 5.09. The van der Waals surface area contributed by atoms with Gasteiger partial charge in [0.25, 0.3) is 0 Å². The third-order valence-electron chi connectivity index (χ3n) is 7.13. The van der Waals surface area contributed by atoms with Crippen LogP contribution in [-0.4, -0.2) is 66.7 Å². The van der Waals surface area contributed by atoms with Crippen molar-refractivity contribution >= 4 is 32.5 Å². The van der Waals surface area contributed by atoms with E-state index in [2.05, 4.69) is 22.1 Å². The molecule has 1 aliphatic carbocycles. The highest BCUT2D eigenvalue weighted by molar-refractivity contribution is 7.90. The number of amides is 2. The molecule has 1 aliphatic heterocycles. The Morgan fingerprint density at radius 1 is 1.18 bits per heavy atom. The Hall–Kier alpha value is -3.13. The number of urea groups is 1. The maximum Gasteiger partial charge on any atom is 0.320 e. The van der Waals surface area contributed by atoms with E-state index in [9.17, 15) is 13.2 Å². The number of fused-ring (bicyclic) bond motifs is 1. The van der Waals surface area contributed by atoms with Crippen molar-refractivity contribution in [3.63, 3.8) is 0 Å². The number of carbonyl (C=O) groups is 1. The lowest BCUT2D eigenvalue weighted by molar-refractivity contribution is 0.151. The fourth-order valence-corrected chi connectivity index (χ4v) is 5.76. The summed E-state index contributed by atoms with van der Waals surface area (Å²) in [5, 5.41) is 0.997. The molecule has 7 nitrogen and oxygen atoms in total. The number of hydrogen-bond acceptors (Lipinski definition) is 4. The minimum Gasteiger partial charge on any atom is -0.346 e. The second-order valence-electron chi connectivity index (χ2n) is 9.38. The Kier molecular flexibility index (Phi) is 5.93. The first-order chi connectivity index (χ1) is 16.3. The van der Waals surface area contributed by atoms with Gasteiger partial charge in [-0.05, 0) is 48.6 Å². The van der Waals surface area contributed by atoms with E-state index in [0.29, 0.717) is 24.0 Å². The van der Waals surface area contributed by atoms with Gasteiger partial charge in [0.1, 0.15) is 5.65 Å². The number of nitrogens with zero attached hydrogens (tertiary/aromatic N) is 3. The topological polar surface area (TPSA) is 86.4 Å². The molecule has 0 unspecified atom stereocenters. The number of aromatic nitrogens is 2. The Morgan fingerprint density at radius 3 is 2.68 bits per heavy atom. The molecular weight excluding hydrogens is 448 g/mol. The van der Waals surface area contributed by atoms with Crippen molar-refractivity contribution in [1.82, 2.24) is 19.8 Å². The molecule has 34 heavy (non-hydrogen) atoms.